The van der Waals surface area contributed by atoms with E-state index >= 15 is 0 Å². The SMILES string of the molecule is Cc1cc(C)c(-[n+]2ccsc2)c(C)c1. The Balaban J connectivity index is 2.64. The van der Waals surface area contributed by atoms with Crippen LogP contribution in [-0.2, 0) is 0 Å². The Hall–Kier alpha value is -1.15. The topological polar surface area (TPSA) is 3.88 Å². The molecule has 14 heavy (non-hydrogen) atoms. The molecule has 0 bridgehead atoms. The van der Waals surface area contributed by atoms with Crippen LogP contribution >= 0.6 is 11.3 Å². The van der Waals surface area contributed by atoms with Crippen LogP contribution in [0.3, 0.4) is 0 Å². The molecule has 2 heteroatoms. The molecule has 0 aliphatic rings. The average Bonchev–Trinajstić information content (AvgIpc) is 2.54. The standard InChI is InChI=1S/C12H14NS/c1-9-6-10(2)12(11(3)7-9)13-4-5-14-8-13/h4-8H,1-3H3/q+1. The Morgan fingerprint density at radius 3 is 2.21 bits per heavy atom. The molecule has 2 aromatic rings. The van der Waals surface area contributed by atoms with Gasteiger partial charge in [0.15, 0.2) is 6.20 Å². The van der Waals surface area contributed by atoms with E-state index in [1.54, 1.807) is 11.3 Å². The summed E-state index contributed by atoms with van der Waals surface area (Å²) < 4.78 is 2.19. The molecule has 0 radical (unpaired) electrons. The van der Waals surface area contributed by atoms with Crippen LogP contribution in [0.15, 0.2) is 29.2 Å². The average molecular weight is 204 g/mol. The Labute approximate surface area is 88.7 Å². The van der Waals surface area contributed by atoms with Gasteiger partial charge in [0.05, 0.1) is 5.38 Å². The van der Waals surface area contributed by atoms with Gasteiger partial charge in [-0.1, -0.05) is 16.9 Å². The van der Waals surface area contributed by atoms with Crippen molar-refractivity contribution in [2.75, 3.05) is 0 Å². The molecule has 2 rings (SSSR count). The zero-order valence-electron chi connectivity index (χ0n) is 8.74. The molecule has 0 atom stereocenters. The maximum atomic E-state index is 2.23. The molecule has 72 valence electrons. The quantitative estimate of drug-likeness (QED) is 0.629. The third-order valence-electron chi connectivity index (χ3n) is 2.37. The summed E-state index contributed by atoms with van der Waals surface area (Å²) in [7, 11) is 0. The van der Waals surface area contributed by atoms with Crippen molar-refractivity contribution < 1.29 is 4.57 Å². The Kier molecular flexibility index (Phi) is 2.38. The summed E-state index contributed by atoms with van der Waals surface area (Å²) in [5.41, 5.74) is 7.46. The van der Waals surface area contributed by atoms with Crippen LogP contribution in [0.5, 0.6) is 0 Å². The van der Waals surface area contributed by atoms with E-state index in [0.717, 1.165) is 0 Å². The molecule has 0 aliphatic carbocycles. The predicted octanol–water partition coefficient (Wildman–Crippen LogP) is 2.95. The summed E-state index contributed by atoms with van der Waals surface area (Å²) in [5.74, 6) is 0. The van der Waals surface area contributed by atoms with Crippen LogP contribution in [0.25, 0.3) is 5.69 Å². The van der Waals surface area contributed by atoms with E-state index in [-0.39, 0.29) is 0 Å². The van der Waals surface area contributed by atoms with Crippen molar-refractivity contribution in [2.45, 2.75) is 20.8 Å². The Bertz CT molecular complexity index is 420. The van der Waals surface area contributed by atoms with E-state index < -0.39 is 0 Å². The maximum absolute atomic E-state index is 2.23. The smallest absolute Gasteiger partial charge is 0.156 e. The van der Waals surface area contributed by atoms with Gasteiger partial charge in [0, 0.05) is 11.1 Å². The minimum Gasteiger partial charge on any atom is -0.156 e. The Morgan fingerprint density at radius 1 is 1.07 bits per heavy atom. The fraction of sp³-hybridized carbons (Fsp3) is 0.250. The summed E-state index contributed by atoms with van der Waals surface area (Å²) in [5, 5.41) is 2.10. The lowest BCUT2D eigenvalue weighted by Gasteiger charge is -2.03. The minimum atomic E-state index is 1.32. The number of benzene rings is 1. The van der Waals surface area contributed by atoms with Gasteiger partial charge >= 0.3 is 0 Å². The molecule has 0 aliphatic heterocycles. The molecule has 0 spiro atoms. The van der Waals surface area contributed by atoms with Crippen molar-refractivity contribution in [1.29, 1.82) is 0 Å². The normalized spacial score (nSPS) is 10.5. The van der Waals surface area contributed by atoms with Crippen LogP contribution in [0.1, 0.15) is 16.7 Å². The lowest BCUT2D eigenvalue weighted by molar-refractivity contribution is -0.591. The first-order chi connectivity index (χ1) is 6.68. The van der Waals surface area contributed by atoms with Gasteiger partial charge in [0.1, 0.15) is 0 Å². The second-order valence-electron chi connectivity index (χ2n) is 3.68. The van der Waals surface area contributed by atoms with Gasteiger partial charge in [-0.15, -0.1) is 0 Å². The molecule has 1 heterocycles. The third kappa shape index (κ3) is 1.58. The van der Waals surface area contributed by atoms with Gasteiger partial charge < -0.3 is 0 Å². The molecule has 0 unspecified atom stereocenters. The van der Waals surface area contributed by atoms with Gasteiger partial charge in [0.2, 0.25) is 11.2 Å². The molecular weight excluding hydrogens is 190 g/mol. The number of rotatable bonds is 1. The highest BCUT2D eigenvalue weighted by Crippen LogP contribution is 2.16. The van der Waals surface area contributed by atoms with E-state index in [4.69, 9.17) is 0 Å². The summed E-state index contributed by atoms with van der Waals surface area (Å²) in [6, 6.07) is 4.46. The largest absolute Gasteiger partial charge is 0.230 e. The van der Waals surface area contributed by atoms with Crippen molar-refractivity contribution in [1.82, 2.24) is 0 Å². The molecule has 0 amide bonds. The fourth-order valence-corrected chi connectivity index (χ4v) is 2.52. The summed E-state index contributed by atoms with van der Waals surface area (Å²) in [6.07, 6.45) is 2.11. The number of thiazole rings is 1. The van der Waals surface area contributed by atoms with Crippen molar-refractivity contribution in [3.8, 4) is 5.69 Å². The van der Waals surface area contributed by atoms with E-state index in [2.05, 4.69) is 54.6 Å². The summed E-state index contributed by atoms with van der Waals surface area (Å²) >= 11 is 1.72. The first kappa shape index (κ1) is 9.41. The van der Waals surface area contributed by atoms with Gasteiger partial charge in [-0.2, -0.15) is 4.57 Å². The maximum Gasteiger partial charge on any atom is 0.230 e. The van der Waals surface area contributed by atoms with Crippen molar-refractivity contribution in [3.05, 3.63) is 45.9 Å². The van der Waals surface area contributed by atoms with Crippen molar-refractivity contribution >= 4 is 11.3 Å². The van der Waals surface area contributed by atoms with Crippen LogP contribution in [0.2, 0.25) is 0 Å². The second-order valence-corrected chi connectivity index (χ2v) is 4.44. The molecule has 1 aromatic heterocycles. The third-order valence-corrected chi connectivity index (χ3v) is 3.00. The van der Waals surface area contributed by atoms with Gasteiger partial charge in [0.25, 0.3) is 0 Å². The lowest BCUT2D eigenvalue weighted by Crippen LogP contribution is -2.29. The molecule has 1 nitrogen and oxygen atoms in total. The van der Waals surface area contributed by atoms with Crippen molar-refractivity contribution in [2.24, 2.45) is 0 Å². The lowest BCUT2D eigenvalue weighted by atomic mass is 10.1. The Morgan fingerprint density at radius 2 is 1.71 bits per heavy atom. The van der Waals surface area contributed by atoms with Crippen LogP contribution in [0, 0.1) is 20.8 Å². The first-order valence-electron chi connectivity index (χ1n) is 4.70. The highest BCUT2D eigenvalue weighted by Gasteiger charge is 2.13. The van der Waals surface area contributed by atoms with Crippen LogP contribution in [0.4, 0.5) is 0 Å². The number of nitrogens with zero attached hydrogens (tertiary/aromatic N) is 1. The predicted molar refractivity (Wildman–Crippen MR) is 60.1 cm³/mol. The van der Waals surface area contributed by atoms with Crippen LogP contribution < -0.4 is 4.57 Å². The fourth-order valence-electron chi connectivity index (χ4n) is 1.94. The zero-order chi connectivity index (χ0) is 10.1. The summed E-state index contributed by atoms with van der Waals surface area (Å²) in [4.78, 5) is 0. The molecule has 0 fully saturated rings. The van der Waals surface area contributed by atoms with E-state index in [1.807, 2.05) is 0 Å². The first-order valence-corrected chi connectivity index (χ1v) is 5.64. The van der Waals surface area contributed by atoms with Crippen molar-refractivity contribution in [3.63, 3.8) is 0 Å². The van der Waals surface area contributed by atoms with E-state index in [1.165, 1.54) is 22.4 Å². The molecule has 1 aromatic carbocycles. The monoisotopic (exact) mass is 204 g/mol. The number of hydrogen-bond acceptors (Lipinski definition) is 1. The zero-order valence-corrected chi connectivity index (χ0v) is 9.56. The highest BCUT2D eigenvalue weighted by atomic mass is 32.1. The number of aryl methyl sites for hydroxylation is 3. The molecule has 0 saturated heterocycles. The van der Waals surface area contributed by atoms with E-state index in [0.29, 0.717) is 0 Å². The highest BCUT2D eigenvalue weighted by molar-refractivity contribution is 7.07. The number of hydrogen-bond donors (Lipinski definition) is 0. The minimum absolute atomic E-state index is 1.32. The second kappa shape index (κ2) is 3.54. The van der Waals surface area contributed by atoms with Gasteiger partial charge in [-0.05, 0) is 32.9 Å². The summed E-state index contributed by atoms with van der Waals surface area (Å²) in [6.45, 7) is 6.47. The molecule has 0 N–H and O–H groups in total. The molecular formula is C12H14NS+. The molecule has 0 saturated carbocycles. The van der Waals surface area contributed by atoms with Crippen LogP contribution in [-0.4, -0.2) is 0 Å². The number of aromatic nitrogens is 1. The van der Waals surface area contributed by atoms with E-state index in [9.17, 15) is 0 Å². The van der Waals surface area contributed by atoms with Gasteiger partial charge in [-0.25, -0.2) is 0 Å². The van der Waals surface area contributed by atoms with Gasteiger partial charge in [-0.3, -0.25) is 0 Å².